The maximum absolute atomic E-state index is 12.2. The molecule has 0 spiro atoms. The van der Waals surface area contributed by atoms with Gasteiger partial charge in [0.15, 0.2) is 11.9 Å². The Bertz CT molecular complexity index is 602. The third-order valence-corrected chi connectivity index (χ3v) is 3.37. The molecule has 110 valence electrons. The molecule has 1 aliphatic heterocycles. The molecule has 2 unspecified atom stereocenters. The SMILES string of the molecule is CC(=O)OC(C)C(=O)C(C)N1C(=O)c2ccccc2C1=O. The van der Waals surface area contributed by atoms with Crippen LogP contribution in [0.3, 0.4) is 0 Å². The molecule has 1 aromatic carbocycles. The first-order valence-corrected chi connectivity index (χ1v) is 6.52. The van der Waals surface area contributed by atoms with Crippen molar-refractivity contribution in [2.24, 2.45) is 0 Å². The fraction of sp³-hybridized carbons (Fsp3) is 0.333. The zero-order chi connectivity index (χ0) is 15.7. The summed E-state index contributed by atoms with van der Waals surface area (Å²) in [5.41, 5.74) is 0.560. The fourth-order valence-corrected chi connectivity index (χ4v) is 2.33. The largest absolute Gasteiger partial charge is 0.455 e. The number of carbonyl (C=O) groups excluding carboxylic acids is 4. The van der Waals surface area contributed by atoms with E-state index >= 15 is 0 Å². The summed E-state index contributed by atoms with van der Waals surface area (Å²) in [6.45, 7) is 4.05. The summed E-state index contributed by atoms with van der Waals surface area (Å²) in [6.07, 6.45) is -1.01. The van der Waals surface area contributed by atoms with Crippen molar-refractivity contribution in [2.45, 2.75) is 32.9 Å². The van der Waals surface area contributed by atoms with E-state index in [1.54, 1.807) is 24.3 Å². The van der Waals surface area contributed by atoms with Gasteiger partial charge in [-0.25, -0.2) is 0 Å². The zero-order valence-corrected chi connectivity index (χ0v) is 12.0. The molecule has 0 saturated carbocycles. The lowest BCUT2D eigenvalue weighted by Crippen LogP contribution is -2.46. The number of carbonyl (C=O) groups is 4. The van der Waals surface area contributed by atoms with E-state index in [0.717, 1.165) is 4.90 Å². The van der Waals surface area contributed by atoms with E-state index in [1.807, 2.05) is 0 Å². The number of rotatable bonds is 4. The molecule has 6 nitrogen and oxygen atoms in total. The number of ether oxygens (including phenoxy) is 1. The van der Waals surface area contributed by atoms with Crippen LogP contribution in [0, 0.1) is 0 Å². The van der Waals surface area contributed by atoms with E-state index in [9.17, 15) is 19.2 Å². The highest BCUT2D eigenvalue weighted by molar-refractivity contribution is 6.23. The average molecular weight is 289 g/mol. The number of nitrogens with zero attached hydrogens (tertiary/aromatic N) is 1. The molecule has 6 heteroatoms. The fourth-order valence-electron chi connectivity index (χ4n) is 2.33. The minimum atomic E-state index is -1.01. The lowest BCUT2D eigenvalue weighted by Gasteiger charge is -2.23. The summed E-state index contributed by atoms with van der Waals surface area (Å²) in [5, 5.41) is 0. The summed E-state index contributed by atoms with van der Waals surface area (Å²) in [4.78, 5) is 48.5. The molecule has 0 N–H and O–H groups in total. The maximum Gasteiger partial charge on any atom is 0.303 e. The highest BCUT2D eigenvalue weighted by atomic mass is 16.5. The number of fused-ring (bicyclic) bond motifs is 1. The molecule has 1 aliphatic rings. The van der Waals surface area contributed by atoms with Crippen LogP contribution in [0.25, 0.3) is 0 Å². The quantitative estimate of drug-likeness (QED) is 0.614. The molecule has 0 aliphatic carbocycles. The summed E-state index contributed by atoms with van der Waals surface area (Å²) in [5.74, 6) is -2.11. The van der Waals surface area contributed by atoms with Gasteiger partial charge in [-0.1, -0.05) is 12.1 Å². The third-order valence-electron chi connectivity index (χ3n) is 3.37. The van der Waals surface area contributed by atoms with Gasteiger partial charge in [-0.3, -0.25) is 24.1 Å². The van der Waals surface area contributed by atoms with Crippen molar-refractivity contribution in [3.63, 3.8) is 0 Å². The first-order chi connectivity index (χ1) is 9.84. The summed E-state index contributed by atoms with van der Waals surface area (Å²) in [7, 11) is 0. The van der Waals surface area contributed by atoms with Gasteiger partial charge < -0.3 is 4.74 Å². The van der Waals surface area contributed by atoms with E-state index in [-0.39, 0.29) is 11.1 Å². The van der Waals surface area contributed by atoms with Gasteiger partial charge in [-0.15, -0.1) is 0 Å². The topological polar surface area (TPSA) is 80.8 Å². The number of ketones is 1. The maximum atomic E-state index is 12.2. The van der Waals surface area contributed by atoms with E-state index in [0.29, 0.717) is 0 Å². The summed E-state index contributed by atoms with van der Waals surface area (Å²) < 4.78 is 4.80. The van der Waals surface area contributed by atoms with Crippen molar-refractivity contribution in [1.82, 2.24) is 4.90 Å². The Kier molecular flexibility index (Phi) is 3.88. The number of benzene rings is 1. The second-order valence-corrected chi connectivity index (χ2v) is 4.86. The van der Waals surface area contributed by atoms with Crippen molar-refractivity contribution in [2.75, 3.05) is 0 Å². The average Bonchev–Trinajstić information content (AvgIpc) is 2.69. The van der Waals surface area contributed by atoms with Gasteiger partial charge in [0.05, 0.1) is 17.2 Å². The summed E-state index contributed by atoms with van der Waals surface area (Å²) >= 11 is 0. The predicted molar refractivity (Wildman–Crippen MR) is 72.6 cm³/mol. The lowest BCUT2D eigenvalue weighted by molar-refractivity contribution is -0.153. The van der Waals surface area contributed by atoms with Crippen LogP contribution >= 0.6 is 0 Å². The van der Waals surface area contributed by atoms with Gasteiger partial charge in [-0.05, 0) is 26.0 Å². The van der Waals surface area contributed by atoms with Gasteiger partial charge in [0.2, 0.25) is 0 Å². The van der Waals surface area contributed by atoms with E-state index in [1.165, 1.54) is 20.8 Å². The molecule has 2 amide bonds. The predicted octanol–water partition coefficient (Wildman–Crippen LogP) is 1.19. The monoisotopic (exact) mass is 289 g/mol. The molecule has 0 fully saturated rings. The number of hydrogen-bond donors (Lipinski definition) is 0. The molecule has 1 aromatic rings. The van der Waals surface area contributed by atoms with Crippen LogP contribution in [0.2, 0.25) is 0 Å². The van der Waals surface area contributed by atoms with Gasteiger partial charge in [-0.2, -0.15) is 0 Å². The molecule has 0 saturated heterocycles. The molecule has 21 heavy (non-hydrogen) atoms. The number of Topliss-reactive ketones (excluding diaryl/α,β-unsaturated/α-hetero) is 1. The van der Waals surface area contributed by atoms with Crippen LogP contribution < -0.4 is 0 Å². The minimum Gasteiger partial charge on any atom is -0.455 e. The molecule has 0 radical (unpaired) electrons. The molecule has 2 atom stereocenters. The Morgan fingerprint density at radius 3 is 1.95 bits per heavy atom. The van der Waals surface area contributed by atoms with E-state index in [4.69, 9.17) is 4.74 Å². The van der Waals surface area contributed by atoms with Crippen LogP contribution in [-0.4, -0.2) is 40.6 Å². The first-order valence-electron chi connectivity index (χ1n) is 6.52. The zero-order valence-electron chi connectivity index (χ0n) is 12.0. The number of imide groups is 1. The highest BCUT2D eigenvalue weighted by Crippen LogP contribution is 2.25. The molecular weight excluding hydrogens is 274 g/mol. The van der Waals surface area contributed by atoms with Gasteiger partial charge in [0, 0.05) is 6.92 Å². The smallest absolute Gasteiger partial charge is 0.303 e. The Hall–Kier alpha value is -2.50. The molecule has 0 aromatic heterocycles. The molecule has 1 heterocycles. The van der Waals surface area contributed by atoms with Crippen LogP contribution in [0.4, 0.5) is 0 Å². The Balaban J connectivity index is 2.24. The Morgan fingerprint density at radius 1 is 1.05 bits per heavy atom. The Labute approximate surface area is 121 Å². The normalized spacial score (nSPS) is 16.4. The Morgan fingerprint density at radius 2 is 1.52 bits per heavy atom. The van der Waals surface area contributed by atoms with Crippen molar-refractivity contribution in [3.05, 3.63) is 35.4 Å². The highest BCUT2D eigenvalue weighted by Gasteiger charge is 2.41. The molecule has 0 bridgehead atoms. The molecular formula is C15H15NO5. The second-order valence-electron chi connectivity index (χ2n) is 4.86. The second kappa shape index (κ2) is 5.47. The van der Waals surface area contributed by atoms with Gasteiger partial charge in [0.25, 0.3) is 11.8 Å². The van der Waals surface area contributed by atoms with Crippen LogP contribution in [-0.2, 0) is 14.3 Å². The summed E-state index contributed by atoms with van der Waals surface area (Å²) in [6, 6.07) is 5.40. The van der Waals surface area contributed by atoms with E-state index in [2.05, 4.69) is 0 Å². The lowest BCUT2D eigenvalue weighted by atomic mass is 10.1. The first kappa shape index (κ1) is 14.9. The van der Waals surface area contributed by atoms with Crippen molar-refractivity contribution >= 4 is 23.6 Å². The van der Waals surface area contributed by atoms with Crippen molar-refractivity contribution in [1.29, 1.82) is 0 Å². The van der Waals surface area contributed by atoms with Crippen molar-refractivity contribution < 1.29 is 23.9 Å². The van der Waals surface area contributed by atoms with Gasteiger partial charge in [0.1, 0.15) is 0 Å². The third kappa shape index (κ3) is 2.56. The van der Waals surface area contributed by atoms with Crippen molar-refractivity contribution in [3.8, 4) is 0 Å². The van der Waals surface area contributed by atoms with Crippen LogP contribution in [0.15, 0.2) is 24.3 Å². The molecule has 2 rings (SSSR count). The van der Waals surface area contributed by atoms with Gasteiger partial charge >= 0.3 is 5.97 Å². The standard InChI is InChI=1S/C15H15NO5/c1-8(13(18)9(2)21-10(3)17)16-14(19)11-6-4-5-7-12(11)15(16)20/h4-9H,1-3H3. The number of hydrogen-bond acceptors (Lipinski definition) is 5. The van der Waals surface area contributed by atoms with Crippen LogP contribution in [0.5, 0.6) is 0 Å². The number of esters is 1. The van der Waals surface area contributed by atoms with Crippen LogP contribution in [0.1, 0.15) is 41.5 Å². The minimum absolute atomic E-state index is 0.280. The number of amides is 2. The van der Waals surface area contributed by atoms with E-state index < -0.39 is 35.7 Å².